The van der Waals surface area contributed by atoms with Crippen LogP contribution in [0.25, 0.3) is 0 Å². The molecule has 2 rings (SSSR count). The summed E-state index contributed by atoms with van der Waals surface area (Å²) in [6, 6.07) is 14.9. The van der Waals surface area contributed by atoms with Crippen molar-refractivity contribution < 1.29 is 0 Å². The van der Waals surface area contributed by atoms with Crippen LogP contribution in [0.4, 0.5) is 5.69 Å². The molecule has 3 nitrogen and oxygen atoms in total. The maximum atomic E-state index is 5.79. The van der Waals surface area contributed by atoms with Gasteiger partial charge in [-0.2, -0.15) is 0 Å². The highest BCUT2D eigenvalue weighted by molar-refractivity contribution is 5.51. The van der Waals surface area contributed by atoms with Crippen molar-refractivity contribution in [2.24, 2.45) is 5.73 Å². The van der Waals surface area contributed by atoms with Gasteiger partial charge in [0.05, 0.1) is 11.4 Å². The van der Waals surface area contributed by atoms with Crippen LogP contribution < -0.4 is 10.6 Å². The number of nitrogens with zero attached hydrogens (tertiary/aromatic N) is 2. The maximum Gasteiger partial charge on any atom is 0.0772 e. The van der Waals surface area contributed by atoms with Gasteiger partial charge < -0.3 is 10.6 Å². The summed E-state index contributed by atoms with van der Waals surface area (Å²) < 4.78 is 0. The van der Waals surface area contributed by atoms with Crippen LogP contribution in [0.2, 0.25) is 0 Å². The minimum Gasteiger partial charge on any atom is -0.363 e. The number of pyridine rings is 1. The monoisotopic (exact) mass is 255 g/mol. The Labute approximate surface area is 115 Å². The molecule has 0 spiro atoms. The normalized spacial score (nSPS) is 10.7. The third-order valence-corrected chi connectivity index (χ3v) is 3.19. The molecule has 3 heteroatoms. The fourth-order valence-corrected chi connectivity index (χ4v) is 2.17. The van der Waals surface area contributed by atoms with E-state index in [1.807, 2.05) is 12.1 Å². The van der Waals surface area contributed by atoms with Gasteiger partial charge in [0.1, 0.15) is 0 Å². The van der Waals surface area contributed by atoms with Gasteiger partial charge in [0.25, 0.3) is 0 Å². The predicted octanol–water partition coefficient (Wildman–Crippen LogP) is 2.96. The van der Waals surface area contributed by atoms with Crippen molar-refractivity contribution in [2.45, 2.75) is 33.0 Å². The Bertz CT molecular complexity index is 508. The molecular weight excluding hydrogens is 234 g/mol. The fraction of sp³-hybridized carbons (Fsp3) is 0.312. The van der Waals surface area contributed by atoms with Gasteiger partial charge in [-0.15, -0.1) is 0 Å². The Morgan fingerprint density at radius 1 is 1.11 bits per heavy atom. The van der Waals surface area contributed by atoms with Crippen LogP contribution >= 0.6 is 0 Å². The van der Waals surface area contributed by atoms with Crippen molar-refractivity contribution >= 4 is 5.69 Å². The summed E-state index contributed by atoms with van der Waals surface area (Å²) in [4.78, 5) is 6.71. The smallest absolute Gasteiger partial charge is 0.0772 e. The van der Waals surface area contributed by atoms with Gasteiger partial charge in [-0.1, -0.05) is 30.3 Å². The van der Waals surface area contributed by atoms with Gasteiger partial charge in [0.15, 0.2) is 0 Å². The van der Waals surface area contributed by atoms with Crippen LogP contribution in [0.15, 0.2) is 48.7 Å². The highest BCUT2D eigenvalue weighted by Crippen LogP contribution is 2.22. The Morgan fingerprint density at radius 2 is 1.84 bits per heavy atom. The third-order valence-electron chi connectivity index (χ3n) is 3.19. The largest absolute Gasteiger partial charge is 0.363 e. The first kappa shape index (κ1) is 13.6. The summed E-state index contributed by atoms with van der Waals surface area (Å²) in [6.07, 6.45) is 1.80. The summed E-state index contributed by atoms with van der Waals surface area (Å²) in [5.41, 5.74) is 9.17. The third kappa shape index (κ3) is 3.32. The molecule has 100 valence electrons. The quantitative estimate of drug-likeness (QED) is 0.893. The molecule has 0 bridgehead atoms. The van der Waals surface area contributed by atoms with Gasteiger partial charge in [0, 0.05) is 25.3 Å². The van der Waals surface area contributed by atoms with E-state index in [0.29, 0.717) is 12.6 Å². The van der Waals surface area contributed by atoms with Gasteiger partial charge in [-0.05, 0) is 31.5 Å². The van der Waals surface area contributed by atoms with Crippen LogP contribution in [0.5, 0.6) is 0 Å². The van der Waals surface area contributed by atoms with Crippen LogP contribution in [0.1, 0.15) is 25.1 Å². The molecular formula is C16H21N3. The van der Waals surface area contributed by atoms with Crippen LogP contribution in [-0.4, -0.2) is 11.0 Å². The first-order valence-corrected chi connectivity index (χ1v) is 6.67. The van der Waals surface area contributed by atoms with Crippen molar-refractivity contribution in [1.29, 1.82) is 0 Å². The Kier molecular flexibility index (Phi) is 4.53. The van der Waals surface area contributed by atoms with E-state index < -0.39 is 0 Å². The Morgan fingerprint density at radius 3 is 2.47 bits per heavy atom. The van der Waals surface area contributed by atoms with E-state index in [0.717, 1.165) is 17.9 Å². The summed E-state index contributed by atoms with van der Waals surface area (Å²) in [7, 11) is 0. The molecule has 2 aromatic rings. The maximum absolute atomic E-state index is 5.79. The minimum atomic E-state index is 0.398. The van der Waals surface area contributed by atoms with Crippen LogP contribution in [0, 0.1) is 0 Å². The lowest BCUT2D eigenvalue weighted by molar-refractivity contribution is 0.675. The zero-order valence-corrected chi connectivity index (χ0v) is 11.6. The van der Waals surface area contributed by atoms with Crippen molar-refractivity contribution in [2.75, 3.05) is 4.90 Å². The number of anilines is 1. The summed E-state index contributed by atoms with van der Waals surface area (Å²) in [5, 5.41) is 0. The average Bonchev–Trinajstić information content (AvgIpc) is 2.45. The Hall–Kier alpha value is -1.87. The van der Waals surface area contributed by atoms with E-state index in [-0.39, 0.29) is 0 Å². The SMILES string of the molecule is CC(C)N(Cc1ccccc1)c1cccnc1CN. The van der Waals surface area contributed by atoms with Crippen LogP contribution in [-0.2, 0) is 13.1 Å². The lowest BCUT2D eigenvalue weighted by atomic mass is 10.1. The second-order valence-corrected chi connectivity index (χ2v) is 4.88. The van der Waals surface area contributed by atoms with E-state index in [2.05, 4.69) is 54.1 Å². The van der Waals surface area contributed by atoms with E-state index in [1.54, 1.807) is 6.20 Å². The lowest BCUT2D eigenvalue weighted by Gasteiger charge is -2.30. The molecule has 1 aromatic heterocycles. The van der Waals surface area contributed by atoms with Gasteiger partial charge in [-0.25, -0.2) is 0 Å². The minimum absolute atomic E-state index is 0.398. The number of hydrogen-bond acceptors (Lipinski definition) is 3. The standard InChI is InChI=1S/C16H21N3/c1-13(2)19(12-14-7-4-3-5-8-14)16-9-6-10-18-15(16)11-17/h3-10,13H,11-12,17H2,1-2H3. The predicted molar refractivity (Wildman–Crippen MR) is 79.9 cm³/mol. The molecule has 2 N–H and O–H groups in total. The lowest BCUT2D eigenvalue weighted by Crippen LogP contribution is -2.31. The molecule has 1 aromatic carbocycles. The van der Waals surface area contributed by atoms with E-state index in [9.17, 15) is 0 Å². The molecule has 0 saturated carbocycles. The molecule has 0 aliphatic carbocycles. The van der Waals surface area contributed by atoms with Crippen molar-refractivity contribution in [3.05, 3.63) is 59.9 Å². The van der Waals surface area contributed by atoms with Gasteiger partial charge in [-0.3, -0.25) is 4.98 Å². The molecule has 0 radical (unpaired) electrons. The van der Waals surface area contributed by atoms with Crippen LogP contribution in [0.3, 0.4) is 0 Å². The molecule has 0 aliphatic heterocycles. The molecule has 0 unspecified atom stereocenters. The first-order chi connectivity index (χ1) is 9.22. The van der Waals surface area contributed by atoms with E-state index in [1.165, 1.54) is 5.56 Å². The topological polar surface area (TPSA) is 42.2 Å². The molecule has 1 heterocycles. The highest BCUT2D eigenvalue weighted by Gasteiger charge is 2.14. The zero-order chi connectivity index (χ0) is 13.7. The first-order valence-electron chi connectivity index (χ1n) is 6.67. The summed E-state index contributed by atoms with van der Waals surface area (Å²) >= 11 is 0. The summed E-state index contributed by atoms with van der Waals surface area (Å²) in [5.74, 6) is 0. The molecule has 19 heavy (non-hydrogen) atoms. The van der Waals surface area contributed by atoms with Crippen molar-refractivity contribution in [1.82, 2.24) is 4.98 Å². The molecule has 0 fully saturated rings. The highest BCUT2D eigenvalue weighted by atomic mass is 15.2. The van der Waals surface area contributed by atoms with Gasteiger partial charge >= 0.3 is 0 Å². The molecule has 0 saturated heterocycles. The molecule has 0 atom stereocenters. The molecule has 0 amide bonds. The van der Waals surface area contributed by atoms with Crippen molar-refractivity contribution in [3.63, 3.8) is 0 Å². The van der Waals surface area contributed by atoms with Gasteiger partial charge in [0.2, 0.25) is 0 Å². The average molecular weight is 255 g/mol. The second-order valence-electron chi connectivity index (χ2n) is 4.88. The summed E-state index contributed by atoms with van der Waals surface area (Å²) in [6.45, 7) is 5.72. The van der Waals surface area contributed by atoms with E-state index in [4.69, 9.17) is 5.73 Å². The Balaban J connectivity index is 2.30. The van der Waals surface area contributed by atoms with Crippen molar-refractivity contribution in [3.8, 4) is 0 Å². The number of rotatable bonds is 5. The number of aromatic nitrogens is 1. The number of nitrogens with two attached hydrogens (primary N) is 1. The second kappa shape index (κ2) is 6.34. The fourth-order valence-electron chi connectivity index (χ4n) is 2.17. The van der Waals surface area contributed by atoms with E-state index >= 15 is 0 Å². The zero-order valence-electron chi connectivity index (χ0n) is 11.6. The number of benzene rings is 1. The molecule has 0 aliphatic rings. The number of hydrogen-bond donors (Lipinski definition) is 1.